The van der Waals surface area contributed by atoms with E-state index in [1.165, 1.54) is 24.9 Å². The van der Waals surface area contributed by atoms with Crippen molar-refractivity contribution in [2.75, 3.05) is 25.1 Å². The minimum atomic E-state index is -0.552. The zero-order valence-electron chi connectivity index (χ0n) is 15.7. The molecule has 148 valence electrons. The van der Waals surface area contributed by atoms with E-state index in [1.54, 1.807) is 16.3 Å². The molecule has 2 heterocycles. The molecular formula is C19H27N3O4S. The number of anilines is 1. The number of hydrogen-bond donors (Lipinski definition) is 2. The Kier molecular flexibility index (Phi) is 6.16. The molecule has 27 heavy (non-hydrogen) atoms. The Balaban J connectivity index is 1.63. The van der Waals surface area contributed by atoms with Gasteiger partial charge in [0.25, 0.3) is 0 Å². The van der Waals surface area contributed by atoms with E-state index in [2.05, 4.69) is 5.32 Å². The predicted octanol–water partition coefficient (Wildman–Crippen LogP) is 2.06. The minimum Gasteiger partial charge on any atom is -0.465 e. The van der Waals surface area contributed by atoms with Crippen molar-refractivity contribution in [3.05, 3.63) is 17.0 Å². The maximum Gasteiger partial charge on any atom is 0.340 e. The second-order valence-electron chi connectivity index (χ2n) is 7.47. The van der Waals surface area contributed by atoms with Crippen LogP contribution in [0.15, 0.2) is 11.4 Å². The third-order valence-electron chi connectivity index (χ3n) is 5.72. The summed E-state index contributed by atoms with van der Waals surface area (Å²) < 4.78 is 4.78. The first-order valence-corrected chi connectivity index (χ1v) is 10.3. The highest BCUT2D eigenvalue weighted by atomic mass is 32.1. The average Bonchev–Trinajstić information content (AvgIpc) is 3.29. The molecule has 1 aromatic heterocycles. The SMILES string of the molecule is COC(=O)c1ccsc1N1CCC(NC(=O)CC2(CN)CCCCC2)C1=O. The van der Waals surface area contributed by atoms with Gasteiger partial charge in [-0.05, 0) is 42.7 Å². The number of nitrogens with two attached hydrogens (primary N) is 1. The van der Waals surface area contributed by atoms with Crippen LogP contribution in [-0.2, 0) is 14.3 Å². The van der Waals surface area contributed by atoms with Gasteiger partial charge >= 0.3 is 5.97 Å². The van der Waals surface area contributed by atoms with E-state index in [1.807, 2.05) is 0 Å². The van der Waals surface area contributed by atoms with Crippen LogP contribution in [0.5, 0.6) is 0 Å². The summed E-state index contributed by atoms with van der Waals surface area (Å²) >= 11 is 1.32. The van der Waals surface area contributed by atoms with Crippen molar-refractivity contribution in [2.45, 2.75) is 51.0 Å². The maximum absolute atomic E-state index is 12.8. The van der Waals surface area contributed by atoms with E-state index in [-0.39, 0.29) is 17.2 Å². The van der Waals surface area contributed by atoms with E-state index in [4.69, 9.17) is 10.5 Å². The Hall–Kier alpha value is -1.93. The highest BCUT2D eigenvalue weighted by Gasteiger charge is 2.38. The largest absolute Gasteiger partial charge is 0.465 e. The van der Waals surface area contributed by atoms with Gasteiger partial charge in [0, 0.05) is 13.0 Å². The van der Waals surface area contributed by atoms with Crippen molar-refractivity contribution >= 4 is 34.1 Å². The number of thiophene rings is 1. The normalized spacial score (nSPS) is 21.9. The van der Waals surface area contributed by atoms with E-state index in [9.17, 15) is 14.4 Å². The second-order valence-corrected chi connectivity index (χ2v) is 8.37. The second kappa shape index (κ2) is 8.39. The summed E-state index contributed by atoms with van der Waals surface area (Å²) in [5, 5.41) is 5.23. The molecule has 8 heteroatoms. The Bertz CT molecular complexity index is 712. The van der Waals surface area contributed by atoms with Gasteiger partial charge in [0.1, 0.15) is 11.0 Å². The number of nitrogens with one attached hydrogen (secondary N) is 1. The molecule has 2 aliphatic rings. The fourth-order valence-corrected chi connectivity index (χ4v) is 5.05. The Morgan fingerprint density at radius 1 is 1.37 bits per heavy atom. The fourth-order valence-electron chi connectivity index (χ4n) is 4.13. The summed E-state index contributed by atoms with van der Waals surface area (Å²) in [6.45, 7) is 0.971. The highest BCUT2D eigenvalue weighted by molar-refractivity contribution is 7.14. The number of carbonyl (C=O) groups is 3. The molecule has 1 saturated heterocycles. The summed E-state index contributed by atoms with van der Waals surface area (Å²) in [5.74, 6) is -0.753. The van der Waals surface area contributed by atoms with Gasteiger partial charge in [-0.2, -0.15) is 0 Å². The van der Waals surface area contributed by atoms with Crippen LogP contribution in [0.4, 0.5) is 5.00 Å². The molecule has 1 saturated carbocycles. The third kappa shape index (κ3) is 4.16. The van der Waals surface area contributed by atoms with Crippen LogP contribution in [0.25, 0.3) is 0 Å². The van der Waals surface area contributed by atoms with E-state index in [0.29, 0.717) is 36.5 Å². The zero-order valence-corrected chi connectivity index (χ0v) is 16.5. The fraction of sp³-hybridized carbons (Fsp3) is 0.632. The number of esters is 1. The van der Waals surface area contributed by atoms with Gasteiger partial charge in [-0.25, -0.2) is 4.79 Å². The van der Waals surface area contributed by atoms with Gasteiger partial charge in [0.2, 0.25) is 11.8 Å². The van der Waals surface area contributed by atoms with Crippen molar-refractivity contribution < 1.29 is 19.1 Å². The topological polar surface area (TPSA) is 102 Å². The van der Waals surface area contributed by atoms with Crippen LogP contribution in [0, 0.1) is 5.41 Å². The molecule has 3 rings (SSSR count). The average molecular weight is 394 g/mol. The molecule has 2 fully saturated rings. The van der Waals surface area contributed by atoms with Gasteiger partial charge < -0.3 is 20.7 Å². The molecule has 1 aliphatic heterocycles. The number of nitrogens with zero attached hydrogens (tertiary/aromatic N) is 1. The van der Waals surface area contributed by atoms with Crippen LogP contribution < -0.4 is 16.0 Å². The number of amides is 2. The lowest BCUT2D eigenvalue weighted by molar-refractivity contribution is -0.128. The lowest BCUT2D eigenvalue weighted by atomic mass is 9.71. The molecule has 3 N–H and O–H groups in total. The van der Waals surface area contributed by atoms with Gasteiger partial charge in [0.15, 0.2) is 0 Å². The highest BCUT2D eigenvalue weighted by Crippen LogP contribution is 2.38. The summed E-state index contributed by atoms with van der Waals surface area (Å²) in [7, 11) is 1.32. The number of methoxy groups -OCH3 is 1. The molecule has 1 aliphatic carbocycles. The molecule has 2 amide bonds. The first-order valence-electron chi connectivity index (χ1n) is 9.46. The van der Waals surface area contributed by atoms with Gasteiger partial charge in [-0.3, -0.25) is 9.59 Å². The van der Waals surface area contributed by atoms with Gasteiger partial charge in [-0.1, -0.05) is 19.3 Å². The molecular weight excluding hydrogens is 366 g/mol. The number of rotatable bonds is 6. The summed E-state index contributed by atoms with van der Waals surface area (Å²) in [6, 6.07) is 1.10. The minimum absolute atomic E-state index is 0.109. The van der Waals surface area contributed by atoms with Crippen molar-refractivity contribution in [3.8, 4) is 0 Å². The molecule has 0 aromatic carbocycles. The molecule has 1 unspecified atom stereocenters. The Morgan fingerprint density at radius 3 is 2.78 bits per heavy atom. The Morgan fingerprint density at radius 2 is 2.11 bits per heavy atom. The van der Waals surface area contributed by atoms with Gasteiger partial charge in [0.05, 0.1) is 12.7 Å². The predicted molar refractivity (Wildman–Crippen MR) is 104 cm³/mol. The van der Waals surface area contributed by atoms with Gasteiger partial charge in [-0.15, -0.1) is 11.3 Å². The summed E-state index contributed by atoms with van der Waals surface area (Å²) in [4.78, 5) is 38.8. The van der Waals surface area contributed by atoms with Crippen molar-refractivity contribution in [2.24, 2.45) is 11.1 Å². The molecule has 0 radical (unpaired) electrons. The Labute approximate surface area is 163 Å². The monoisotopic (exact) mass is 393 g/mol. The quantitative estimate of drug-likeness (QED) is 0.720. The lowest BCUT2D eigenvalue weighted by Crippen LogP contribution is -2.45. The molecule has 1 atom stereocenters. The zero-order chi connectivity index (χ0) is 19.4. The van der Waals surface area contributed by atoms with Crippen molar-refractivity contribution in [1.29, 1.82) is 0 Å². The third-order valence-corrected chi connectivity index (χ3v) is 6.65. The molecule has 1 aromatic rings. The van der Waals surface area contributed by atoms with E-state index >= 15 is 0 Å². The lowest BCUT2D eigenvalue weighted by Gasteiger charge is -2.35. The maximum atomic E-state index is 12.8. The van der Waals surface area contributed by atoms with E-state index in [0.717, 1.165) is 25.7 Å². The number of ether oxygens (including phenoxy) is 1. The molecule has 7 nitrogen and oxygen atoms in total. The summed E-state index contributed by atoms with van der Waals surface area (Å²) in [6.07, 6.45) is 6.25. The first kappa shape index (κ1) is 19.8. The molecule has 0 spiro atoms. The van der Waals surface area contributed by atoms with E-state index < -0.39 is 12.0 Å². The van der Waals surface area contributed by atoms with Crippen LogP contribution >= 0.6 is 11.3 Å². The van der Waals surface area contributed by atoms with Crippen LogP contribution in [0.3, 0.4) is 0 Å². The number of carbonyl (C=O) groups excluding carboxylic acids is 3. The van der Waals surface area contributed by atoms with Crippen LogP contribution in [0.2, 0.25) is 0 Å². The smallest absolute Gasteiger partial charge is 0.340 e. The van der Waals surface area contributed by atoms with Crippen LogP contribution in [0.1, 0.15) is 55.3 Å². The summed E-state index contributed by atoms with van der Waals surface area (Å²) in [5.41, 5.74) is 6.22. The number of hydrogen-bond acceptors (Lipinski definition) is 6. The first-order chi connectivity index (χ1) is 13.0. The standard InChI is InChI=1S/C19H27N3O4S/c1-26-18(25)13-6-10-27-17(13)22-9-5-14(16(22)24)21-15(23)11-19(12-20)7-3-2-4-8-19/h6,10,14H,2-5,7-9,11-12,20H2,1H3,(H,21,23). The van der Waals surface area contributed by atoms with Crippen molar-refractivity contribution in [3.63, 3.8) is 0 Å². The molecule has 0 bridgehead atoms. The van der Waals surface area contributed by atoms with Crippen molar-refractivity contribution in [1.82, 2.24) is 5.32 Å². The van der Waals surface area contributed by atoms with Crippen LogP contribution in [-0.4, -0.2) is 44.0 Å².